The molecule has 2 heterocycles. The van der Waals surface area contributed by atoms with Crippen molar-refractivity contribution in [2.24, 2.45) is 5.92 Å². The van der Waals surface area contributed by atoms with Crippen LogP contribution >= 0.6 is 0 Å². The van der Waals surface area contributed by atoms with E-state index in [4.69, 9.17) is 0 Å². The molecule has 26 heavy (non-hydrogen) atoms. The van der Waals surface area contributed by atoms with Gasteiger partial charge in [0.25, 0.3) is 5.91 Å². The summed E-state index contributed by atoms with van der Waals surface area (Å²) in [6.45, 7) is 3.92. The summed E-state index contributed by atoms with van der Waals surface area (Å²) < 4.78 is 27.8. The van der Waals surface area contributed by atoms with E-state index >= 15 is 0 Å². The normalized spacial score (nSPS) is 17.9. The molecule has 0 saturated carbocycles. The average Bonchev–Trinajstić information content (AvgIpc) is 3.15. The van der Waals surface area contributed by atoms with E-state index in [1.165, 1.54) is 0 Å². The van der Waals surface area contributed by atoms with E-state index in [1.54, 1.807) is 43.7 Å². The third kappa shape index (κ3) is 4.63. The maximum Gasteiger partial charge on any atom is 0.253 e. The van der Waals surface area contributed by atoms with Crippen LogP contribution in [0, 0.1) is 5.92 Å². The number of benzene rings is 1. The van der Waals surface area contributed by atoms with Crippen LogP contribution in [0.2, 0.25) is 0 Å². The Morgan fingerprint density at radius 1 is 1.31 bits per heavy atom. The minimum Gasteiger partial charge on any atom is -0.338 e. The van der Waals surface area contributed by atoms with Crippen molar-refractivity contribution in [1.82, 2.24) is 14.5 Å². The van der Waals surface area contributed by atoms with Gasteiger partial charge in [-0.2, -0.15) is 0 Å². The molecule has 7 nitrogen and oxygen atoms in total. The number of hydrogen-bond acceptors (Lipinski definition) is 4. The molecule has 1 aliphatic heterocycles. The summed E-state index contributed by atoms with van der Waals surface area (Å²) in [6.07, 6.45) is 7.59. The van der Waals surface area contributed by atoms with Crippen molar-refractivity contribution < 1.29 is 13.2 Å². The standard InChI is InChI=1S/C18H24N4O3S/c1-2-26(24,25)20-17-7-5-16(6-8-17)18(23)22-10-3-4-15(13-22)12-21-11-9-19-14-21/h5-9,11,14-15,20H,2-4,10,12-13H2,1H3/t15-/m1/s1. The molecule has 0 spiro atoms. The summed E-state index contributed by atoms with van der Waals surface area (Å²) in [7, 11) is -3.31. The molecule has 1 aromatic heterocycles. The number of carbonyl (C=O) groups excluding carboxylic acids is 1. The van der Waals surface area contributed by atoms with E-state index in [2.05, 4.69) is 9.71 Å². The van der Waals surface area contributed by atoms with Crippen molar-refractivity contribution in [2.45, 2.75) is 26.3 Å². The second kappa shape index (κ2) is 7.90. The van der Waals surface area contributed by atoms with Gasteiger partial charge >= 0.3 is 0 Å². The number of anilines is 1. The molecule has 1 aromatic carbocycles. The lowest BCUT2D eigenvalue weighted by atomic mass is 9.97. The van der Waals surface area contributed by atoms with Gasteiger partial charge < -0.3 is 9.47 Å². The number of amides is 1. The van der Waals surface area contributed by atoms with E-state index < -0.39 is 10.0 Å². The van der Waals surface area contributed by atoms with Crippen LogP contribution in [-0.4, -0.2) is 47.6 Å². The van der Waals surface area contributed by atoms with E-state index in [1.807, 2.05) is 15.7 Å². The molecule has 1 amide bonds. The van der Waals surface area contributed by atoms with Crippen molar-refractivity contribution in [2.75, 3.05) is 23.6 Å². The smallest absolute Gasteiger partial charge is 0.253 e. The number of imidazole rings is 1. The topological polar surface area (TPSA) is 84.3 Å². The summed E-state index contributed by atoms with van der Waals surface area (Å²) >= 11 is 0. The fraction of sp³-hybridized carbons (Fsp3) is 0.444. The highest BCUT2D eigenvalue weighted by Gasteiger charge is 2.24. The molecule has 1 fully saturated rings. The highest BCUT2D eigenvalue weighted by molar-refractivity contribution is 7.92. The highest BCUT2D eigenvalue weighted by atomic mass is 32.2. The Bertz CT molecular complexity index is 832. The molecular formula is C18H24N4O3S. The Balaban J connectivity index is 1.63. The van der Waals surface area contributed by atoms with Crippen LogP contribution in [0.25, 0.3) is 0 Å². The Labute approximate surface area is 154 Å². The van der Waals surface area contributed by atoms with E-state index in [0.29, 0.717) is 17.2 Å². The molecule has 0 aliphatic carbocycles. The van der Waals surface area contributed by atoms with Gasteiger partial charge in [-0.1, -0.05) is 0 Å². The van der Waals surface area contributed by atoms with E-state index in [0.717, 1.165) is 32.5 Å². The first-order valence-electron chi connectivity index (χ1n) is 8.82. The van der Waals surface area contributed by atoms with Gasteiger partial charge in [0.2, 0.25) is 10.0 Å². The zero-order chi connectivity index (χ0) is 18.6. The number of aromatic nitrogens is 2. The van der Waals surface area contributed by atoms with E-state index in [9.17, 15) is 13.2 Å². The Kier molecular flexibility index (Phi) is 5.61. The van der Waals surface area contributed by atoms with Gasteiger partial charge in [0.05, 0.1) is 12.1 Å². The monoisotopic (exact) mass is 376 g/mol. The number of sulfonamides is 1. The van der Waals surface area contributed by atoms with Crippen LogP contribution in [0.1, 0.15) is 30.1 Å². The lowest BCUT2D eigenvalue weighted by molar-refractivity contribution is 0.0662. The minimum atomic E-state index is -3.31. The lowest BCUT2D eigenvalue weighted by Crippen LogP contribution is -2.41. The SMILES string of the molecule is CCS(=O)(=O)Nc1ccc(C(=O)N2CCC[C@H](Cn3ccnc3)C2)cc1. The summed E-state index contributed by atoms with van der Waals surface area (Å²) in [6, 6.07) is 6.62. The first-order chi connectivity index (χ1) is 12.5. The van der Waals surface area contributed by atoms with E-state index in [-0.39, 0.29) is 11.7 Å². The lowest BCUT2D eigenvalue weighted by Gasteiger charge is -2.33. The molecule has 1 saturated heterocycles. The molecule has 0 bridgehead atoms. The number of carbonyl (C=O) groups is 1. The maximum atomic E-state index is 12.8. The first-order valence-corrected chi connectivity index (χ1v) is 10.5. The van der Waals surface area contributed by atoms with Crippen LogP contribution < -0.4 is 4.72 Å². The molecular weight excluding hydrogens is 352 g/mol. The third-order valence-electron chi connectivity index (χ3n) is 4.62. The quantitative estimate of drug-likeness (QED) is 0.838. The Morgan fingerprint density at radius 2 is 2.08 bits per heavy atom. The largest absolute Gasteiger partial charge is 0.338 e. The zero-order valence-corrected chi connectivity index (χ0v) is 15.7. The predicted octanol–water partition coefficient (Wildman–Crippen LogP) is 2.20. The molecule has 0 radical (unpaired) electrons. The molecule has 1 aliphatic rings. The fourth-order valence-corrected chi connectivity index (χ4v) is 3.85. The number of piperidine rings is 1. The second-order valence-corrected chi connectivity index (χ2v) is 8.61. The third-order valence-corrected chi connectivity index (χ3v) is 5.93. The van der Waals surface area contributed by atoms with Crippen molar-refractivity contribution in [3.05, 3.63) is 48.5 Å². The number of nitrogens with one attached hydrogen (secondary N) is 1. The van der Waals surface area contributed by atoms with Crippen LogP contribution in [-0.2, 0) is 16.6 Å². The van der Waals surface area contributed by atoms with Crippen LogP contribution in [0.3, 0.4) is 0 Å². The molecule has 2 aromatic rings. The molecule has 8 heteroatoms. The fourth-order valence-electron chi connectivity index (χ4n) is 3.21. The van der Waals surface area contributed by atoms with Crippen LogP contribution in [0.5, 0.6) is 0 Å². The van der Waals surface area contributed by atoms with Gasteiger partial charge in [0.15, 0.2) is 0 Å². The molecule has 1 atom stereocenters. The van der Waals surface area contributed by atoms with Gasteiger partial charge in [0, 0.05) is 43.3 Å². The van der Waals surface area contributed by atoms with Crippen molar-refractivity contribution in [3.8, 4) is 0 Å². The van der Waals surface area contributed by atoms with Crippen LogP contribution in [0.15, 0.2) is 43.0 Å². The molecule has 1 N–H and O–H groups in total. The molecule has 140 valence electrons. The molecule has 0 unspecified atom stereocenters. The minimum absolute atomic E-state index is 0.00905. The Hall–Kier alpha value is -2.35. The average molecular weight is 376 g/mol. The van der Waals surface area contributed by atoms with Gasteiger partial charge in [-0.05, 0) is 49.9 Å². The summed E-state index contributed by atoms with van der Waals surface area (Å²) in [5, 5.41) is 0. The maximum absolute atomic E-state index is 12.8. The van der Waals surface area contributed by atoms with Gasteiger partial charge in [0.1, 0.15) is 0 Å². The van der Waals surface area contributed by atoms with Gasteiger partial charge in [-0.15, -0.1) is 0 Å². The zero-order valence-electron chi connectivity index (χ0n) is 14.8. The number of likely N-dealkylation sites (tertiary alicyclic amines) is 1. The summed E-state index contributed by atoms with van der Waals surface area (Å²) in [5.41, 5.74) is 1.05. The first kappa shape index (κ1) is 18.4. The predicted molar refractivity (Wildman–Crippen MR) is 100 cm³/mol. The summed E-state index contributed by atoms with van der Waals surface area (Å²) in [5.74, 6) is 0.419. The Morgan fingerprint density at radius 3 is 2.73 bits per heavy atom. The number of rotatable bonds is 6. The molecule has 3 rings (SSSR count). The van der Waals surface area contributed by atoms with Crippen molar-refractivity contribution in [3.63, 3.8) is 0 Å². The van der Waals surface area contributed by atoms with Gasteiger partial charge in [-0.25, -0.2) is 13.4 Å². The van der Waals surface area contributed by atoms with Crippen molar-refractivity contribution in [1.29, 1.82) is 0 Å². The number of nitrogens with zero attached hydrogens (tertiary/aromatic N) is 3. The van der Waals surface area contributed by atoms with Crippen LogP contribution in [0.4, 0.5) is 5.69 Å². The number of hydrogen-bond donors (Lipinski definition) is 1. The second-order valence-electron chi connectivity index (χ2n) is 6.60. The van der Waals surface area contributed by atoms with Gasteiger partial charge in [-0.3, -0.25) is 9.52 Å². The van der Waals surface area contributed by atoms with Crippen molar-refractivity contribution >= 4 is 21.6 Å². The highest BCUT2D eigenvalue weighted by Crippen LogP contribution is 2.21. The summed E-state index contributed by atoms with van der Waals surface area (Å²) in [4.78, 5) is 18.7.